The maximum Gasteiger partial charge on any atom is 0.192 e. The normalized spacial score (nSPS) is 12.3. The Kier molecular flexibility index (Phi) is 4.73. The summed E-state index contributed by atoms with van der Waals surface area (Å²) in [5.74, 6) is 0. The molecule has 94 valence electrons. The van der Waals surface area contributed by atoms with Crippen LogP contribution in [0, 0.1) is 0 Å². The van der Waals surface area contributed by atoms with E-state index in [2.05, 4.69) is 53.4 Å². The lowest BCUT2D eigenvalue weighted by atomic mass is 10.1. The molecule has 0 saturated carbocycles. The number of aromatic nitrogens is 2. The molecular weight excluding hydrogens is 242 g/mol. The Morgan fingerprint density at radius 1 is 1.17 bits per heavy atom. The zero-order chi connectivity index (χ0) is 12.8. The highest BCUT2D eigenvalue weighted by Gasteiger charge is 2.04. The largest absolute Gasteiger partial charge is 0.310 e. The molecule has 0 bridgehead atoms. The molecule has 0 aliphatic heterocycles. The van der Waals surface area contributed by atoms with Gasteiger partial charge in [0, 0.05) is 23.3 Å². The van der Waals surface area contributed by atoms with Crippen LogP contribution in [0.1, 0.15) is 25.5 Å². The van der Waals surface area contributed by atoms with Crippen LogP contribution in [0.25, 0.3) is 0 Å². The molecule has 0 fully saturated rings. The Morgan fingerprint density at radius 2 is 1.83 bits per heavy atom. The van der Waals surface area contributed by atoms with E-state index in [0.29, 0.717) is 6.04 Å². The van der Waals surface area contributed by atoms with Crippen molar-refractivity contribution >= 4 is 11.8 Å². The fourth-order valence-corrected chi connectivity index (χ4v) is 2.40. The van der Waals surface area contributed by atoms with E-state index < -0.39 is 0 Å². The van der Waals surface area contributed by atoms with Crippen molar-refractivity contribution < 1.29 is 0 Å². The maximum absolute atomic E-state index is 4.20. The highest BCUT2D eigenvalue weighted by molar-refractivity contribution is 7.99. The molecule has 0 aliphatic carbocycles. The van der Waals surface area contributed by atoms with Crippen LogP contribution in [-0.2, 0) is 0 Å². The number of nitrogens with zero attached hydrogens (tertiary/aromatic N) is 2. The molecule has 1 unspecified atom stereocenters. The van der Waals surface area contributed by atoms with Gasteiger partial charge in [0.05, 0.1) is 0 Å². The summed E-state index contributed by atoms with van der Waals surface area (Å²) < 4.78 is 0. The molecular formula is C14H17N3S. The van der Waals surface area contributed by atoms with E-state index >= 15 is 0 Å². The standard InChI is InChI=1S/C14H17N3S/c1-3-15-11(2)12-5-7-13(8-6-12)18-14-16-9-4-10-17-14/h4-11,15H,3H2,1-2H3. The molecule has 0 radical (unpaired) electrons. The number of nitrogens with one attached hydrogen (secondary N) is 1. The molecule has 3 nitrogen and oxygen atoms in total. The minimum atomic E-state index is 0.391. The number of benzene rings is 1. The zero-order valence-electron chi connectivity index (χ0n) is 10.6. The lowest BCUT2D eigenvalue weighted by Gasteiger charge is -2.12. The fourth-order valence-electron chi connectivity index (χ4n) is 1.69. The average molecular weight is 259 g/mol. The molecule has 2 rings (SSSR count). The van der Waals surface area contributed by atoms with Gasteiger partial charge in [0.1, 0.15) is 0 Å². The van der Waals surface area contributed by atoms with Crippen LogP contribution < -0.4 is 5.32 Å². The summed E-state index contributed by atoms with van der Waals surface area (Å²) in [5.41, 5.74) is 1.30. The van der Waals surface area contributed by atoms with Crippen molar-refractivity contribution in [2.24, 2.45) is 0 Å². The van der Waals surface area contributed by atoms with Crippen molar-refractivity contribution in [1.29, 1.82) is 0 Å². The predicted octanol–water partition coefficient (Wildman–Crippen LogP) is 3.30. The summed E-state index contributed by atoms with van der Waals surface area (Å²) in [6, 6.07) is 10.7. The number of hydrogen-bond donors (Lipinski definition) is 1. The van der Waals surface area contributed by atoms with Crippen molar-refractivity contribution in [3.05, 3.63) is 48.3 Å². The third kappa shape index (κ3) is 3.55. The minimum Gasteiger partial charge on any atom is -0.310 e. The summed E-state index contributed by atoms with van der Waals surface area (Å²) in [6.07, 6.45) is 3.52. The minimum absolute atomic E-state index is 0.391. The van der Waals surface area contributed by atoms with Crippen LogP contribution in [0.4, 0.5) is 0 Å². The van der Waals surface area contributed by atoms with Gasteiger partial charge in [-0.1, -0.05) is 19.1 Å². The highest BCUT2D eigenvalue weighted by atomic mass is 32.2. The summed E-state index contributed by atoms with van der Waals surface area (Å²) in [4.78, 5) is 9.56. The van der Waals surface area contributed by atoms with Gasteiger partial charge in [-0.05, 0) is 49.0 Å². The van der Waals surface area contributed by atoms with E-state index in [0.717, 1.165) is 16.6 Å². The molecule has 0 saturated heterocycles. The Labute approximate surface area is 112 Å². The van der Waals surface area contributed by atoms with Crippen LogP contribution in [0.2, 0.25) is 0 Å². The van der Waals surface area contributed by atoms with Gasteiger partial charge in [-0.15, -0.1) is 0 Å². The number of rotatable bonds is 5. The van der Waals surface area contributed by atoms with Crippen molar-refractivity contribution in [2.75, 3.05) is 6.54 Å². The van der Waals surface area contributed by atoms with Crippen LogP contribution in [0.3, 0.4) is 0 Å². The first-order valence-corrected chi connectivity index (χ1v) is 6.89. The van der Waals surface area contributed by atoms with Gasteiger partial charge in [-0.3, -0.25) is 0 Å². The summed E-state index contributed by atoms with van der Waals surface area (Å²) in [5, 5.41) is 4.18. The summed E-state index contributed by atoms with van der Waals surface area (Å²) in [7, 11) is 0. The van der Waals surface area contributed by atoms with Crippen molar-refractivity contribution in [1.82, 2.24) is 15.3 Å². The molecule has 1 N–H and O–H groups in total. The van der Waals surface area contributed by atoms with E-state index in [1.807, 2.05) is 6.07 Å². The molecule has 0 amide bonds. The third-order valence-electron chi connectivity index (χ3n) is 2.64. The van der Waals surface area contributed by atoms with E-state index in [-0.39, 0.29) is 0 Å². The average Bonchev–Trinajstić information content (AvgIpc) is 2.41. The van der Waals surface area contributed by atoms with E-state index in [1.165, 1.54) is 5.56 Å². The first kappa shape index (κ1) is 13.1. The van der Waals surface area contributed by atoms with Crippen LogP contribution in [0.5, 0.6) is 0 Å². The van der Waals surface area contributed by atoms with E-state index in [9.17, 15) is 0 Å². The first-order chi connectivity index (χ1) is 8.79. The molecule has 0 spiro atoms. The second kappa shape index (κ2) is 6.52. The third-order valence-corrected chi connectivity index (χ3v) is 3.54. The Morgan fingerprint density at radius 3 is 2.44 bits per heavy atom. The molecule has 4 heteroatoms. The zero-order valence-corrected chi connectivity index (χ0v) is 11.4. The monoisotopic (exact) mass is 259 g/mol. The van der Waals surface area contributed by atoms with Crippen molar-refractivity contribution in [3.63, 3.8) is 0 Å². The summed E-state index contributed by atoms with van der Waals surface area (Å²) >= 11 is 1.58. The highest BCUT2D eigenvalue weighted by Crippen LogP contribution is 2.25. The van der Waals surface area contributed by atoms with E-state index in [4.69, 9.17) is 0 Å². The van der Waals surface area contributed by atoms with Gasteiger partial charge in [0.2, 0.25) is 0 Å². The number of hydrogen-bond acceptors (Lipinski definition) is 4. The van der Waals surface area contributed by atoms with Crippen molar-refractivity contribution in [2.45, 2.75) is 29.9 Å². The Hall–Kier alpha value is -1.39. The van der Waals surface area contributed by atoms with Gasteiger partial charge in [0.25, 0.3) is 0 Å². The molecule has 1 aromatic carbocycles. The predicted molar refractivity (Wildman–Crippen MR) is 74.7 cm³/mol. The quantitative estimate of drug-likeness (QED) is 0.836. The molecule has 1 aromatic heterocycles. The molecule has 18 heavy (non-hydrogen) atoms. The molecule has 0 aliphatic rings. The SMILES string of the molecule is CCNC(C)c1ccc(Sc2ncccn2)cc1. The van der Waals surface area contributed by atoms with Gasteiger partial charge in [-0.25, -0.2) is 9.97 Å². The molecule has 1 atom stereocenters. The van der Waals surface area contributed by atoms with Crippen molar-refractivity contribution in [3.8, 4) is 0 Å². The van der Waals surface area contributed by atoms with Gasteiger partial charge in [0.15, 0.2) is 5.16 Å². The Bertz CT molecular complexity index is 470. The second-order valence-electron chi connectivity index (χ2n) is 3.98. The molecule has 2 aromatic rings. The molecule has 1 heterocycles. The van der Waals surface area contributed by atoms with Gasteiger partial charge < -0.3 is 5.32 Å². The smallest absolute Gasteiger partial charge is 0.192 e. The topological polar surface area (TPSA) is 37.8 Å². The van der Waals surface area contributed by atoms with Gasteiger partial charge >= 0.3 is 0 Å². The van der Waals surface area contributed by atoms with Gasteiger partial charge in [-0.2, -0.15) is 0 Å². The fraction of sp³-hybridized carbons (Fsp3) is 0.286. The summed E-state index contributed by atoms with van der Waals surface area (Å²) in [6.45, 7) is 5.27. The first-order valence-electron chi connectivity index (χ1n) is 6.08. The van der Waals surface area contributed by atoms with E-state index in [1.54, 1.807) is 24.2 Å². The Balaban J connectivity index is 2.04. The van der Waals surface area contributed by atoms with Crippen LogP contribution >= 0.6 is 11.8 Å². The van der Waals surface area contributed by atoms with Crippen LogP contribution in [0.15, 0.2) is 52.8 Å². The second-order valence-corrected chi connectivity index (χ2v) is 5.02. The lowest BCUT2D eigenvalue weighted by molar-refractivity contribution is 0.598. The van der Waals surface area contributed by atoms with Crippen LogP contribution in [-0.4, -0.2) is 16.5 Å². The lowest BCUT2D eigenvalue weighted by Crippen LogP contribution is -2.17. The maximum atomic E-state index is 4.20.